The highest BCUT2D eigenvalue weighted by Gasteiger charge is 2.09. The van der Waals surface area contributed by atoms with Crippen molar-refractivity contribution in [1.29, 1.82) is 0 Å². The van der Waals surface area contributed by atoms with Crippen LogP contribution in [0.5, 0.6) is 0 Å². The van der Waals surface area contributed by atoms with Crippen LogP contribution in [0.15, 0.2) is 63.4 Å². The molecular formula is C18H15BrN2O2S. The second-order valence-electron chi connectivity index (χ2n) is 5.09. The van der Waals surface area contributed by atoms with Crippen LogP contribution >= 0.6 is 27.3 Å². The van der Waals surface area contributed by atoms with E-state index in [-0.39, 0.29) is 5.56 Å². The van der Waals surface area contributed by atoms with Crippen molar-refractivity contribution in [3.05, 3.63) is 68.7 Å². The highest BCUT2D eigenvalue weighted by Crippen LogP contribution is 2.24. The largest absolute Gasteiger partial charge is 0.478 e. The molecular weight excluding hydrogens is 388 g/mol. The van der Waals surface area contributed by atoms with Crippen molar-refractivity contribution in [2.75, 3.05) is 0 Å². The number of hydrogen-bond donors (Lipinski definition) is 1. The Morgan fingerprint density at radius 2 is 2.00 bits per heavy atom. The quantitative estimate of drug-likeness (QED) is 0.672. The summed E-state index contributed by atoms with van der Waals surface area (Å²) in [5.74, 6) is -0.959. The Bertz CT molecular complexity index is 945. The van der Waals surface area contributed by atoms with Gasteiger partial charge in [-0.1, -0.05) is 30.3 Å². The number of aromatic carboxylic acids is 1. The monoisotopic (exact) mass is 402 g/mol. The zero-order valence-electron chi connectivity index (χ0n) is 12.9. The van der Waals surface area contributed by atoms with E-state index in [0.717, 1.165) is 28.3 Å². The number of halogens is 1. The molecule has 0 unspecified atom stereocenters. The van der Waals surface area contributed by atoms with Gasteiger partial charge in [0, 0.05) is 16.4 Å². The lowest BCUT2D eigenvalue weighted by molar-refractivity contribution is 0.0696. The summed E-state index contributed by atoms with van der Waals surface area (Å²) in [6, 6.07) is 15.2. The highest BCUT2D eigenvalue weighted by molar-refractivity contribution is 9.10. The summed E-state index contributed by atoms with van der Waals surface area (Å²) in [5.41, 5.74) is 3.23. The molecule has 0 amide bonds. The summed E-state index contributed by atoms with van der Waals surface area (Å²) in [6.45, 7) is 2.89. The number of hydrogen-bond acceptors (Lipinski definition) is 3. The molecule has 1 aromatic heterocycles. The van der Waals surface area contributed by atoms with Gasteiger partial charge in [0.2, 0.25) is 0 Å². The number of carboxylic acid groups (broad SMARTS) is 1. The highest BCUT2D eigenvalue weighted by atomic mass is 79.9. The Morgan fingerprint density at radius 3 is 2.62 bits per heavy atom. The van der Waals surface area contributed by atoms with Gasteiger partial charge >= 0.3 is 5.97 Å². The van der Waals surface area contributed by atoms with Crippen molar-refractivity contribution in [1.82, 2.24) is 4.57 Å². The van der Waals surface area contributed by atoms with Gasteiger partial charge in [-0.15, -0.1) is 11.3 Å². The second-order valence-corrected chi connectivity index (χ2v) is 6.79. The van der Waals surface area contributed by atoms with Gasteiger partial charge in [-0.05, 0) is 46.6 Å². The molecule has 0 aliphatic carbocycles. The molecule has 3 rings (SSSR count). The number of thiazole rings is 1. The van der Waals surface area contributed by atoms with E-state index in [1.54, 1.807) is 29.5 Å². The molecule has 1 heterocycles. The van der Waals surface area contributed by atoms with E-state index in [2.05, 4.69) is 49.9 Å². The van der Waals surface area contributed by atoms with Crippen LogP contribution in [0.25, 0.3) is 11.3 Å². The number of benzene rings is 2. The van der Waals surface area contributed by atoms with Crippen LogP contribution < -0.4 is 4.80 Å². The standard InChI is InChI=1S/C18H15BrN2O2S/c1-2-21-16(12-6-4-3-5-7-12)11-24-18(21)20-13-8-9-14(17(22)23)15(19)10-13/h3-11H,2H2,1H3,(H,22,23)/b20-18-. The smallest absolute Gasteiger partial charge is 0.336 e. The fraction of sp³-hybridized carbons (Fsp3) is 0.111. The van der Waals surface area contributed by atoms with Crippen LogP contribution in [0.1, 0.15) is 17.3 Å². The van der Waals surface area contributed by atoms with Crippen molar-refractivity contribution >= 4 is 38.9 Å². The fourth-order valence-corrected chi connectivity index (χ4v) is 3.95. The van der Waals surface area contributed by atoms with E-state index < -0.39 is 5.97 Å². The molecule has 24 heavy (non-hydrogen) atoms. The van der Waals surface area contributed by atoms with Gasteiger partial charge in [-0.2, -0.15) is 0 Å². The van der Waals surface area contributed by atoms with Gasteiger partial charge in [0.05, 0.1) is 16.9 Å². The molecule has 0 saturated carbocycles. The van der Waals surface area contributed by atoms with Gasteiger partial charge in [0.15, 0.2) is 4.80 Å². The molecule has 6 heteroatoms. The van der Waals surface area contributed by atoms with E-state index in [1.807, 2.05) is 18.2 Å². The van der Waals surface area contributed by atoms with Gasteiger partial charge in [-0.25, -0.2) is 9.79 Å². The number of rotatable bonds is 4. The van der Waals surface area contributed by atoms with Gasteiger partial charge in [0.1, 0.15) is 0 Å². The van der Waals surface area contributed by atoms with Gasteiger partial charge < -0.3 is 9.67 Å². The fourth-order valence-electron chi connectivity index (χ4n) is 2.42. The summed E-state index contributed by atoms with van der Waals surface area (Å²) >= 11 is 4.87. The second kappa shape index (κ2) is 7.15. The lowest BCUT2D eigenvalue weighted by atomic mass is 10.2. The molecule has 0 saturated heterocycles. The first-order valence-corrected chi connectivity index (χ1v) is 9.08. The third-order valence-corrected chi connectivity index (χ3v) is 5.11. The average molecular weight is 403 g/mol. The maximum absolute atomic E-state index is 11.1. The molecule has 0 radical (unpaired) electrons. The predicted octanol–water partition coefficient (Wildman–Crippen LogP) is 4.93. The van der Waals surface area contributed by atoms with Gasteiger partial charge in [0.25, 0.3) is 0 Å². The summed E-state index contributed by atoms with van der Waals surface area (Å²) in [4.78, 5) is 16.6. The molecule has 0 atom stereocenters. The average Bonchev–Trinajstić information content (AvgIpc) is 2.98. The van der Waals surface area contributed by atoms with Crippen LogP contribution in [0.4, 0.5) is 5.69 Å². The van der Waals surface area contributed by atoms with Gasteiger partial charge in [-0.3, -0.25) is 0 Å². The Hall–Kier alpha value is -2.18. The first kappa shape index (κ1) is 16.7. The van der Waals surface area contributed by atoms with E-state index in [1.165, 1.54) is 0 Å². The summed E-state index contributed by atoms with van der Waals surface area (Å²) in [6.07, 6.45) is 0. The SMILES string of the molecule is CCn1c(-c2ccccc2)cs/c1=N\c1ccc(C(=O)O)c(Br)c1. The van der Waals surface area contributed by atoms with Crippen molar-refractivity contribution in [3.8, 4) is 11.3 Å². The molecule has 0 bridgehead atoms. The van der Waals surface area contributed by atoms with E-state index in [0.29, 0.717) is 4.47 Å². The molecule has 0 fully saturated rings. The zero-order chi connectivity index (χ0) is 17.1. The third kappa shape index (κ3) is 3.34. The first-order valence-electron chi connectivity index (χ1n) is 7.41. The van der Waals surface area contributed by atoms with Crippen molar-refractivity contribution in [3.63, 3.8) is 0 Å². The van der Waals surface area contributed by atoms with Crippen molar-refractivity contribution in [2.24, 2.45) is 4.99 Å². The Labute approximate surface area is 151 Å². The van der Waals surface area contributed by atoms with E-state index in [4.69, 9.17) is 5.11 Å². The predicted molar refractivity (Wildman–Crippen MR) is 99.7 cm³/mol. The Kier molecular flexibility index (Phi) is 4.97. The maximum Gasteiger partial charge on any atom is 0.336 e. The van der Waals surface area contributed by atoms with Crippen LogP contribution in [0.3, 0.4) is 0 Å². The number of nitrogens with zero attached hydrogens (tertiary/aromatic N) is 2. The van der Waals surface area contributed by atoms with Crippen molar-refractivity contribution in [2.45, 2.75) is 13.5 Å². The number of aromatic nitrogens is 1. The summed E-state index contributed by atoms with van der Waals surface area (Å²) in [5, 5.41) is 11.2. The molecule has 3 aromatic rings. The van der Waals surface area contributed by atoms with E-state index in [9.17, 15) is 4.79 Å². The Morgan fingerprint density at radius 1 is 1.25 bits per heavy atom. The van der Waals surface area contributed by atoms with Crippen LogP contribution in [-0.2, 0) is 6.54 Å². The molecule has 2 aromatic carbocycles. The molecule has 122 valence electrons. The zero-order valence-corrected chi connectivity index (χ0v) is 15.3. The Balaban J connectivity index is 2.07. The third-order valence-electron chi connectivity index (χ3n) is 3.59. The van der Waals surface area contributed by atoms with Crippen molar-refractivity contribution < 1.29 is 9.90 Å². The van der Waals surface area contributed by atoms with Crippen LogP contribution in [-0.4, -0.2) is 15.6 Å². The maximum atomic E-state index is 11.1. The summed E-state index contributed by atoms with van der Waals surface area (Å²) in [7, 11) is 0. The minimum absolute atomic E-state index is 0.230. The normalized spacial score (nSPS) is 11.7. The minimum Gasteiger partial charge on any atom is -0.478 e. The molecule has 0 spiro atoms. The topological polar surface area (TPSA) is 54.6 Å². The van der Waals surface area contributed by atoms with Crippen LogP contribution in [0.2, 0.25) is 0 Å². The molecule has 0 aliphatic heterocycles. The number of carbonyl (C=O) groups is 1. The lowest BCUT2D eigenvalue weighted by Gasteiger charge is -2.06. The lowest BCUT2D eigenvalue weighted by Crippen LogP contribution is -2.14. The molecule has 0 aliphatic rings. The molecule has 4 nitrogen and oxygen atoms in total. The van der Waals surface area contributed by atoms with Crippen LogP contribution in [0, 0.1) is 0 Å². The minimum atomic E-state index is -0.959. The molecule has 1 N–H and O–H groups in total. The van der Waals surface area contributed by atoms with E-state index >= 15 is 0 Å². The summed E-state index contributed by atoms with van der Waals surface area (Å²) < 4.78 is 2.68. The first-order chi connectivity index (χ1) is 11.6. The number of carboxylic acids is 1.